The van der Waals surface area contributed by atoms with Crippen molar-refractivity contribution in [3.63, 3.8) is 0 Å². The molecule has 1 fully saturated rings. The first kappa shape index (κ1) is 14.7. The summed E-state index contributed by atoms with van der Waals surface area (Å²) in [6.07, 6.45) is 0.756. The minimum Gasteiger partial charge on any atom is -0.424 e. The third kappa shape index (κ3) is 3.33. The summed E-state index contributed by atoms with van der Waals surface area (Å²) in [5.74, 6) is 1.43. The van der Waals surface area contributed by atoms with Crippen LogP contribution < -0.4 is 0 Å². The van der Waals surface area contributed by atoms with E-state index in [1.54, 1.807) is 0 Å². The number of rotatable bonds is 4. The number of carbonyl (C=O) groups is 1. The van der Waals surface area contributed by atoms with Crippen LogP contribution in [0, 0.1) is 0 Å². The number of aryl methyl sites for hydroxylation is 1. The molecule has 0 unspecified atom stereocenters. The van der Waals surface area contributed by atoms with Crippen molar-refractivity contribution in [2.75, 3.05) is 26.2 Å². The van der Waals surface area contributed by atoms with Crippen LogP contribution in [0.1, 0.15) is 29.1 Å². The normalized spacial score (nSPS) is 16.0. The van der Waals surface area contributed by atoms with Gasteiger partial charge in [0, 0.05) is 38.2 Å². The average Bonchev–Trinajstić information content (AvgIpc) is 3.03. The first-order valence-electron chi connectivity index (χ1n) is 7.64. The fourth-order valence-electron chi connectivity index (χ4n) is 2.56. The van der Waals surface area contributed by atoms with Crippen LogP contribution in [-0.2, 0) is 13.0 Å². The van der Waals surface area contributed by atoms with E-state index >= 15 is 0 Å². The van der Waals surface area contributed by atoms with Crippen LogP contribution in [0.15, 0.2) is 34.7 Å². The molecule has 1 aliphatic heterocycles. The van der Waals surface area contributed by atoms with E-state index in [9.17, 15) is 4.79 Å². The molecule has 22 heavy (non-hydrogen) atoms. The molecule has 0 atom stereocenters. The Morgan fingerprint density at radius 1 is 1.09 bits per heavy atom. The van der Waals surface area contributed by atoms with E-state index in [4.69, 9.17) is 4.42 Å². The van der Waals surface area contributed by atoms with Crippen molar-refractivity contribution in [1.29, 1.82) is 0 Å². The third-order valence-corrected chi connectivity index (χ3v) is 3.85. The van der Waals surface area contributed by atoms with Gasteiger partial charge in [0.15, 0.2) is 0 Å². The van der Waals surface area contributed by atoms with E-state index in [2.05, 4.69) is 15.1 Å². The second kappa shape index (κ2) is 6.70. The SMILES string of the molecule is CCc1nnc(CN2CCN(C(=O)c3ccccc3)CC2)o1. The quantitative estimate of drug-likeness (QED) is 0.858. The molecule has 0 spiro atoms. The fourth-order valence-corrected chi connectivity index (χ4v) is 2.56. The molecule has 1 aliphatic rings. The first-order chi connectivity index (χ1) is 10.8. The summed E-state index contributed by atoms with van der Waals surface area (Å²) in [6, 6.07) is 9.43. The van der Waals surface area contributed by atoms with Crippen LogP contribution in [0.4, 0.5) is 0 Å². The molecule has 1 aromatic carbocycles. The van der Waals surface area contributed by atoms with E-state index in [0.717, 1.165) is 38.2 Å². The fraction of sp³-hybridized carbons (Fsp3) is 0.438. The Bertz CT molecular complexity index is 618. The minimum atomic E-state index is 0.103. The molecule has 0 bridgehead atoms. The Balaban J connectivity index is 1.53. The van der Waals surface area contributed by atoms with Crippen molar-refractivity contribution in [1.82, 2.24) is 20.0 Å². The largest absolute Gasteiger partial charge is 0.424 e. The van der Waals surface area contributed by atoms with Crippen molar-refractivity contribution in [2.45, 2.75) is 19.9 Å². The Kier molecular flexibility index (Phi) is 4.48. The van der Waals surface area contributed by atoms with Gasteiger partial charge in [-0.05, 0) is 12.1 Å². The standard InChI is InChI=1S/C16H20N4O2/c1-2-14-17-18-15(22-14)12-19-8-10-20(11-9-19)16(21)13-6-4-3-5-7-13/h3-7H,2,8-12H2,1H3. The van der Waals surface area contributed by atoms with Crippen molar-refractivity contribution in [3.05, 3.63) is 47.7 Å². The molecule has 0 N–H and O–H groups in total. The van der Waals surface area contributed by atoms with Gasteiger partial charge in [0.25, 0.3) is 5.91 Å². The molecule has 6 nitrogen and oxygen atoms in total. The minimum absolute atomic E-state index is 0.103. The maximum Gasteiger partial charge on any atom is 0.253 e. The van der Waals surface area contributed by atoms with E-state index < -0.39 is 0 Å². The number of nitrogens with zero attached hydrogens (tertiary/aromatic N) is 4. The number of benzene rings is 1. The number of hydrogen-bond donors (Lipinski definition) is 0. The second-order valence-corrected chi connectivity index (χ2v) is 5.38. The molecule has 0 aliphatic carbocycles. The van der Waals surface area contributed by atoms with Gasteiger partial charge >= 0.3 is 0 Å². The zero-order valence-electron chi connectivity index (χ0n) is 12.7. The predicted octanol–water partition coefficient (Wildman–Crippen LogP) is 1.59. The monoisotopic (exact) mass is 300 g/mol. The molecule has 0 saturated carbocycles. The molecule has 6 heteroatoms. The zero-order valence-corrected chi connectivity index (χ0v) is 12.7. The number of hydrogen-bond acceptors (Lipinski definition) is 5. The van der Waals surface area contributed by atoms with Gasteiger partial charge in [-0.15, -0.1) is 10.2 Å². The lowest BCUT2D eigenvalue weighted by atomic mass is 10.2. The molecule has 1 aromatic heterocycles. The van der Waals surface area contributed by atoms with Gasteiger partial charge in [-0.25, -0.2) is 0 Å². The Morgan fingerprint density at radius 2 is 1.77 bits per heavy atom. The number of aromatic nitrogens is 2. The summed E-state index contributed by atoms with van der Waals surface area (Å²) in [4.78, 5) is 16.5. The first-order valence-corrected chi connectivity index (χ1v) is 7.64. The smallest absolute Gasteiger partial charge is 0.253 e. The maximum absolute atomic E-state index is 12.4. The van der Waals surface area contributed by atoms with Gasteiger partial charge in [-0.3, -0.25) is 9.69 Å². The predicted molar refractivity (Wildman–Crippen MR) is 81.3 cm³/mol. The zero-order chi connectivity index (χ0) is 15.4. The highest BCUT2D eigenvalue weighted by molar-refractivity contribution is 5.94. The van der Waals surface area contributed by atoms with Crippen molar-refractivity contribution in [3.8, 4) is 0 Å². The number of piperazine rings is 1. The molecule has 116 valence electrons. The third-order valence-electron chi connectivity index (χ3n) is 3.85. The summed E-state index contributed by atoms with van der Waals surface area (Å²) in [5.41, 5.74) is 0.750. The highest BCUT2D eigenvalue weighted by atomic mass is 16.4. The van der Waals surface area contributed by atoms with E-state index in [-0.39, 0.29) is 5.91 Å². The highest BCUT2D eigenvalue weighted by Gasteiger charge is 2.23. The van der Waals surface area contributed by atoms with E-state index in [0.29, 0.717) is 18.3 Å². The number of amides is 1. The van der Waals surface area contributed by atoms with Crippen LogP contribution in [-0.4, -0.2) is 52.1 Å². The Morgan fingerprint density at radius 3 is 2.41 bits per heavy atom. The van der Waals surface area contributed by atoms with E-state index in [1.165, 1.54) is 0 Å². The van der Waals surface area contributed by atoms with Gasteiger partial charge < -0.3 is 9.32 Å². The molecule has 2 aromatic rings. The van der Waals surface area contributed by atoms with Crippen molar-refractivity contribution < 1.29 is 9.21 Å². The lowest BCUT2D eigenvalue weighted by Gasteiger charge is -2.34. The van der Waals surface area contributed by atoms with E-state index in [1.807, 2.05) is 42.2 Å². The molecule has 0 radical (unpaired) electrons. The van der Waals surface area contributed by atoms with Gasteiger partial charge in [-0.2, -0.15) is 0 Å². The molecular formula is C16H20N4O2. The molecule has 1 saturated heterocycles. The van der Waals surface area contributed by atoms with Crippen LogP contribution in [0.3, 0.4) is 0 Å². The average molecular weight is 300 g/mol. The van der Waals surface area contributed by atoms with Gasteiger partial charge in [-0.1, -0.05) is 25.1 Å². The Labute approximate surface area is 129 Å². The molecule has 2 heterocycles. The highest BCUT2D eigenvalue weighted by Crippen LogP contribution is 2.11. The van der Waals surface area contributed by atoms with Crippen molar-refractivity contribution >= 4 is 5.91 Å². The topological polar surface area (TPSA) is 62.5 Å². The van der Waals surface area contributed by atoms with Gasteiger partial charge in [0.05, 0.1) is 6.54 Å². The Hall–Kier alpha value is -2.21. The summed E-state index contributed by atoms with van der Waals surface area (Å²) < 4.78 is 5.53. The van der Waals surface area contributed by atoms with Gasteiger partial charge in [0.2, 0.25) is 11.8 Å². The molecule has 1 amide bonds. The van der Waals surface area contributed by atoms with Crippen LogP contribution in [0.5, 0.6) is 0 Å². The molecular weight excluding hydrogens is 280 g/mol. The summed E-state index contributed by atoms with van der Waals surface area (Å²) in [5, 5.41) is 8.02. The summed E-state index contributed by atoms with van der Waals surface area (Å²) >= 11 is 0. The van der Waals surface area contributed by atoms with Gasteiger partial charge in [0.1, 0.15) is 0 Å². The summed E-state index contributed by atoms with van der Waals surface area (Å²) in [7, 11) is 0. The van der Waals surface area contributed by atoms with Crippen molar-refractivity contribution in [2.24, 2.45) is 0 Å². The summed E-state index contributed by atoms with van der Waals surface area (Å²) in [6.45, 7) is 5.74. The lowest BCUT2D eigenvalue weighted by molar-refractivity contribution is 0.0617. The van der Waals surface area contributed by atoms with Crippen LogP contribution in [0.25, 0.3) is 0 Å². The lowest BCUT2D eigenvalue weighted by Crippen LogP contribution is -2.48. The second-order valence-electron chi connectivity index (χ2n) is 5.38. The van der Waals surface area contributed by atoms with Crippen LogP contribution in [0.2, 0.25) is 0 Å². The maximum atomic E-state index is 12.4. The number of carbonyl (C=O) groups excluding carboxylic acids is 1. The molecule has 3 rings (SSSR count). The van der Waals surface area contributed by atoms with Crippen LogP contribution >= 0.6 is 0 Å².